The monoisotopic (exact) mass is 328 g/mol. The fourth-order valence-corrected chi connectivity index (χ4v) is 4.14. The lowest BCUT2D eigenvalue weighted by Crippen LogP contribution is -2.59. The molecule has 1 heterocycles. The molecule has 1 saturated carbocycles. The Hall–Kier alpha value is -2.24. The first-order chi connectivity index (χ1) is 11.3. The second-order valence-electron chi connectivity index (χ2n) is 7.44. The summed E-state index contributed by atoms with van der Waals surface area (Å²) in [6, 6.07) is 6.42. The Labute approximate surface area is 142 Å². The van der Waals surface area contributed by atoms with Gasteiger partial charge in [-0.3, -0.25) is 15.1 Å². The molecule has 6 heteroatoms. The minimum atomic E-state index is -0.413. The van der Waals surface area contributed by atoms with Gasteiger partial charge in [-0.2, -0.15) is 0 Å². The van der Waals surface area contributed by atoms with Crippen molar-refractivity contribution in [3.05, 3.63) is 46.5 Å². The highest BCUT2D eigenvalue weighted by Gasteiger charge is 2.48. The highest BCUT2D eigenvalue weighted by molar-refractivity contribution is 5.43. The van der Waals surface area contributed by atoms with E-state index >= 15 is 0 Å². The molecule has 2 aliphatic rings. The quantitative estimate of drug-likeness (QED) is 0.337. The zero-order valence-electron chi connectivity index (χ0n) is 14.5. The van der Waals surface area contributed by atoms with E-state index in [4.69, 9.17) is 0 Å². The van der Waals surface area contributed by atoms with Gasteiger partial charge in [-0.05, 0) is 58.1 Å². The zero-order chi connectivity index (χ0) is 17.5. The topological polar surface area (TPSA) is 71.1 Å². The van der Waals surface area contributed by atoms with Crippen LogP contribution in [0, 0.1) is 22.0 Å². The van der Waals surface area contributed by atoms with Gasteiger partial charge in [0, 0.05) is 18.1 Å². The van der Waals surface area contributed by atoms with Gasteiger partial charge in [0.05, 0.1) is 22.2 Å². The maximum absolute atomic E-state index is 10.7. The van der Waals surface area contributed by atoms with Crippen molar-refractivity contribution in [1.29, 1.82) is 0 Å². The lowest BCUT2D eigenvalue weighted by molar-refractivity contribution is -0.384. The number of hydrogen-bond donors (Lipinski definition) is 0. The molecule has 1 aliphatic carbocycles. The standard InChI is InChI=1S/C18H24N4O2/c1-12-5-6-14-11-17(12)13(2)21(18(14,3)4)20-19-15-7-9-16(10-8-15)22(23)24/h7-10,13-14,17H,1,5-6,11H2,2-4H3/t13-,14?,17-/m1/s1. The fourth-order valence-electron chi connectivity index (χ4n) is 4.14. The van der Waals surface area contributed by atoms with E-state index in [1.54, 1.807) is 12.1 Å². The minimum Gasteiger partial charge on any atom is -0.269 e. The molecule has 0 radical (unpaired) electrons. The first-order valence-electron chi connectivity index (χ1n) is 8.44. The number of non-ortho nitro benzene ring substituents is 1. The average molecular weight is 328 g/mol. The predicted molar refractivity (Wildman–Crippen MR) is 93.0 cm³/mol. The lowest BCUT2D eigenvalue weighted by atomic mass is 9.64. The molecule has 2 fully saturated rings. The van der Waals surface area contributed by atoms with E-state index in [0.717, 1.165) is 12.8 Å². The van der Waals surface area contributed by atoms with Crippen LogP contribution in [0.3, 0.4) is 0 Å². The summed E-state index contributed by atoms with van der Waals surface area (Å²) in [6.45, 7) is 10.9. The molecule has 1 unspecified atom stereocenters. The van der Waals surface area contributed by atoms with Gasteiger partial charge in [-0.15, -0.1) is 5.11 Å². The Morgan fingerprint density at radius 3 is 2.62 bits per heavy atom. The molecule has 0 amide bonds. The second kappa shape index (κ2) is 6.00. The molecule has 6 nitrogen and oxygen atoms in total. The van der Waals surface area contributed by atoms with Crippen molar-refractivity contribution in [2.45, 2.75) is 51.6 Å². The number of piperidine rings is 1. The van der Waals surface area contributed by atoms with E-state index in [2.05, 4.69) is 42.7 Å². The molecular formula is C18H24N4O2. The van der Waals surface area contributed by atoms with Crippen molar-refractivity contribution in [1.82, 2.24) is 5.01 Å². The molecule has 0 aromatic heterocycles. The van der Waals surface area contributed by atoms with Crippen molar-refractivity contribution in [2.24, 2.45) is 22.2 Å². The number of rotatable bonds is 3. The summed E-state index contributed by atoms with van der Waals surface area (Å²) in [5, 5.41) is 21.7. The molecule has 1 aromatic rings. The van der Waals surface area contributed by atoms with Crippen LogP contribution in [0.15, 0.2) is 46.8 Å². The van der Waals surface area contributed by atoms with Gasteiger partial charge in [-0.25, -0.2) is 0 Å². The number of nitro groups is 1. The van der Waals surface area contributed by atoms with E-state index in [1.165, 1.54) is 24.1 Å². The summed E-state index contributed by atoms with van der Waals surface area (Å²) in [4.78, 5) is 10.3. The molecule has 0 spiro atoms. The third kappa shape index (κ3) is 2.81. The molecule has 1 saturated heterocycles. The molecule has 0 N–H and O–H groups in total. The molecule has 128 valence electrons. The molecule has 2 bridgehead atoms. The molecule has 3 rings (SSSR count). The molecular weight excluding hydrogens is 304 g/mol. The van der Waals surface area contributed by atoms with Crippen LogP contribution in [0.25, 0.3) is 0 Å². The highest BCUT2D eigenvalue weighted by Crippen LogP contribution is 2.49. The van der Waals surface area contributed by atoms with Crippen molar-refractivity contribution in [2.75, 3.05) is 0 Å². The summed E-state index contributed by atoms with van der Waals surface area (Å²) in [6.07, 6.45) is 3.44. The van der Waals surface area contributed by atoms with E-state index in [0.29, 0.717) is 17.5 Å². The summed E-state index contributed by atoms with van der Waals surface area (Å²) >= 11 is 0. The van der Waals surface area contributed by atoms with Crippen molar-refractivity contribution in [3.63, 3.8) is 0 Å². The Balaban J connectivity index is 1.84. The number of nitrogens with zero attached hydrogens (tertiary/aromatic N) is 4. The lowest BCUT2D eigenvalue weighted by Gasteiger charge is -2.55. The Morgan fingerprint density at radius 2 is 2.00 bits per heavy atom. The Morgan fingerprint density at radius 1 is 1.33 bits per heavy atom. The summed E-state index contributed by atoms with van der Waals surface area (Å²) in [5.41, 5.74) is 1.95. The van der Waals surface area contributed by atoms with Crippen LogP contribution in [0.4, 0.5) is 11.4 Å². The fraction of sp³-hybridized carbons (Fsp3) is 0.556. The average Bonchev–Trinajstić information content (AvgIpc) is 2.54. The number of benzene rings is 1. The van der Waals surface area contributed by atoms with Gasteiger partial charge >= 0.3 is 0 Å². The van der Waals surface area contributed by atoms with Crippen LogP contribution in [0.5, 0.6) is 0 Å². The van der Waals surface area contributed by atoms with Crippen LogP contribution in [-0.2, 0) is 0 Å². The number of fused-ring (bicyclic) bond motifs is 2. The zero-order valence-corrected chi connectivity index (χ0v) is 14.5. The van der Waals surface area contributed by atoms with Gasteiger partial charge in [0.2, 0.25) is 0 Å². The molecule has 24 heavy (non-hydrogen) atoms. The maximum Gasteiger partial charge on any atom is 0.269 e. The Bertz CT molecular complexity index is 681. The second-order valence-corrected chi connectivity index (χ2v) is 7.44. The van der Waals surface area contributed by atoms with Gasteiger partial charge in [0.1, 0.15) is 0 Å². The van der Waals surface area contributed by atoms with Gasteiger partial charge in [0.25, 0.3) is 5.69 Å². The summed E-state index contributed by atoms with van der Waals surface area (Å²) in [5.74, 6) is 1.05. The number of nitro benzene ring substituents is 1. The Kier molecular flexibility index (Phi) is 4.15. The van der Waals surface area contributed by atoms with Crippen molar-refractivity contribution < 1.29 is 4.92 Å². The third-order valence-corrected chi connectivity index (χ3v) is 5.75. The molecule has 1 aromatic carbocycles. The van der Waals surface area contributed by atoms with E-state index in [9.17, 15) is 10.1 Å². The number of hydrogen-bond acceptors (Lipinski definition) is 4. The van der Waals surface area contributed by atoms with Crippen molar-refractivity contribution in [3.8, 4) is 0 Å². The summed E-state index contributed by atoms with van der Waals surface area (Å²) < 4.78 is 0. The third-order valence-electron chi connectivity index (χ3n) is 5.75. The van der Waals surface area contributed by atoms with E-state index < -0.39 is 4.92 Å². The van der Waals surface area contributed by atoms with Gasteiger partial charge in [0.15, 0.2) is 0 Å². The smallest absolute Gasteiger partial charge is 0.269 e. The van der Waals surface area contributed by atoms with Crippen LogP contribution in [0.2, 0.25) is 0 Å². The largest absolute Gasteiger partial charge is 0.269 e. The molecule has 1 aliphatic heterocycles. The normalized spacial score (nSPS) is 29.0. The SMILES string of the molecule is C=C1CCC2C[C@H]1[C@@H](C)N(N=Nc1ccc([N+](=O)[O-])cc1)C2(C)C. The van der Waals surface area contributed by atoms with E-state index in [-0.39, 0.29) is 17.3 Å². The van der Waals surface area contributed by atoms with Crippen LogP contribution >= 0.6 is 0 Å². The highest BCUT2D eigenvalue weighted by atomic mass is 16.6. The molecule has 3 atom stereocenters. The predicted octanol–water partition coefficient (Wildman–Crippen LogP) is 5.05. The van der Waals surface area contributed by atoms with Crippen LogP contribution < -0.4 is 0 Å². The first kappa shape index (κ1) is 16.6. The minimum absolute atomic E-state index is 0.0547. The van der Waals surface area contributed by atoms with Gasteiger partial charge < -0.3 is 0 Å². The van der Waals surface area contributed by atoms with Gasteiger partial charge in [-0.1, -0.05) is 17.4 Å². The van der Waals surface area contributed by atoms with Crippen LogP contribution in [-0.4, -0.2) is 21.5 Å². The van der Waals surface area contributed by atoms with Crippen molar-refractivity contribution >= 4 is 11.4 Å². The van der Waals surface area contributed by atoms with Crippen LogP contribution in [0.1, 0.15) is 40.0 Å². The first-order valence-corrected chi connectivity index (χ1v) is 8.44. The summed E-state index contributed by atoms with van der Waals surface area (Å²) in [7, 11) is 0. The maximum atomic E-state index is 10.7. The van der Waals surface area contributed by atoms with E-state index in [1.807, 2.05) is 0 Å².